The van der Waals surface area contributed by atoms with Gasteiger partial charge in [-0.25, -0.2) is 4.39 Å². The Balaban J connectivity index is 2.77. The normalized spacial score (nSPS) is 11.7. The molecule has 0 spiro atoms. The van der Waals surface area contributed by atoms with E-state index in [0.717, 1.165) is 12.1 Å². The van der Waals surface area contributed by atoms with Crippen LogP contribution < -0.4 is 0 Å². The summed E-state index contributed by atoms with van der Waals surface area (Å²) in [7, 11) is 0. The maximum Gasteiger partial charge on any atom is 0.431 e. The van der Waals surface area contributed by atoms with Gasteiger partial charge in [-0.15, -0.1) is 0 Å². The van der Waals surface area contributed by atoms with Gasteiger partial charge in [0.25, 0.3) is 0 Å². The van der Waals surface area contributed by atoms with Crippen LogP contribution in [0.1, 0.15) is 11.3 Å². The molecule has 1 aromatic carbocycles. The Morgan fingerprint density at radius 2 is 2.00 bits per heavy atom. The highest BCUT2D eigenvalue weighted by atomic mass is 19.4. The van der Waals surface area contributed by atoms with Crippen molar-refractivity contribution in [1.29, 1.82) is 5.26 Å². The van der Waals surface area contributed by atoms with Crippen LogP contribution in [-0.2, 0) is 12.6 Å². The number of rotatable bonds is 1. The molecule has 88 valence electrons. The molecule has 0 aliphatic heterocycles. The number of benzene rings is 1. The molecule has 0 aliphatic carbocycles. The van der Waals surface area contributed by atoms with E-state index in [2.05, 4.69) is 4.98 Å². The maximum absolute atomic E-state index is 13.0. The van der Waals surface area contributed by atoms with Crippen LogP contribution in [0.4, 0.5) is 17.6 Å². The minimum absolute atomic E-state index is 0.0962. The quantitative estimate of drug-likeness (QED) is 0.765. The van der Waals surface area contributed by atoms with E-state index in [1.807, 2.05) is 0 Å². The molecule has 0 radical (unpaired) electrons. The third-order valence-corrected chi connectivity index (χ3v) is 2.41. The van der Waals surface area contributed by atoms with Crippen LogP contribution in [0.15, 0.2) is 18.2 Å². The van der Waals surface area contributed by atoms with E-state index < -0.39 is 24.1 Å². The maximum atomic E-state index is 13.0. The second-order valence-corrected chi connectivity index (χ2v) is 3.50. The Hall–Kier alpha value is -2.03. The average Bonchev–Trinajstić information content (AvgIpc) is 2.57. The molecular weight excluding hydrogens is 236 g/mol. The van der Waals surface area contributed by atoms with Crippen molar-refractivity contribution in [2.24, 2.45) is 0 Å². The summed E-state index contributed by atoms with van der Waals surface area (Å²) < 4.78 is 51.0. The third kappa shape index (κ3) is 1.96. The van der Waals surface area contributed by atoms with E-state index in [0.29, 0.717) is 0 Å². The van der Waals surface area contributed by atoms with Crippen molar-refractivity contribution in [3.63, 3.8) is 0 Å². The summed E-state index contributed by atoms with van der Waals surface area (Å²) >= 11 is 0. The van der Waals surface area contributed by atoms with Gasteiger partial charge >= 0.3 is 6.18 Å². The third-order valence-electron chi connectivity index (χ3n) is 2.41. The van der Waals surface area contributed by atoms with Crippen LogP contribution in [0.3, 0.4) is 0 Å². The van der Waals surface area contributed by atoms with Crippen LogP contribution in [0, 0.1) is 17.1 Å². The molecule has 0 aliphatic rings. The summed E-state index contributed by atoms with van der Waals surface area (Å²) in [5.74, 6) is -0.635. The number of H-pyrrole nitrogens is 1. The number of nitriles is 1. The van der Waals surface area contributed by atoms with Gasteiger partial charge in [0.15, 0.2) is 0 Å². The zero-order valence-electron chi connectivity index (χ0n) is 8.40. The minimum atomic E-state index is -4.58. The fourth-order valence-electron chi connectivity index (χ4n) is 1.72. The van der Waals surface area contributed by atoms with E-state index in [1.165, 1.54) is 6.07 Å². The Morgan fingerprint density at radius 3 is 2.59 bits per heavy atom. The lowest BCUT2D eigenvalue weighted by Gasteiger charge is -2.05. The van der Waals surface area contributed by atoms with E-state index >= 15 is 0 Å². The van der Waals surface area contributed by atoms with E-state index in [-0.39, 0.29) is 16.5 Å². The molecular formula is C11H6F4N2. The molecule has 0 saturated carbocycles. The monoisotopic (exact) mass is 242 g/mol. The SMILES string of the molecule is N#CCc1c(C(F)(F)F)[nH]c2ccc(F)cc12. The average molecular weight is 242 g/mol. The highest BCUT2D eigenvalue weighted by Crippen LogP contribution is 2.35. The lowest BCUT2D eigenvalue weighted by atomic mass is 10.1. The van der Waals surface area contributed by atoms with Crippen molar-refractivity contribution in [2.45, 2.75) is 12.6 Å². The Bertz CT molecular complexity index is 604. The van der Waals surface area contributed by atoms with E-state index in [1.54, 1.807) is 6.07 Å². The first-order valence-electron chi connectivity index (χ1n) is 4.67. The number of nitrogens with one attached hydrogen (secondary N) is 1. The molecule has 0 fully saturated rings. The van der Waals surface area contributed by atoms with Crippen LogP contribution in [0.25, 0.3) is 10.9 Å². The van der Waals surface area contributed by atoms with Crippen molar-refractivity contribution in [3.05, 3.63) is 35.3 Å². The van der Waals surface area contributed by atoms with Gasteiger partial charge in [-0.2, -0.15) is 18.4 Å². The first-order chi connectivity index (χ1) is 7.93. The number of hydrogen-bond acceptors (Lipinski definition) is 1. The molecule has 0 atom stereocenters. The van der Waals surface area contributed by atoms with Gasteiger partial charge < -0.3 is 4.98 Å². The van der Waals surface area contributed by atoms with Gasteiger partial charge in [-0.3, -0.25) is 0 Å². The van der Waals surface area contributed by atoms with E-state index in [9.17, 15) is 17.6 Å². The molecule has 0 amide bonds. The highest BCUT2D eigenvalue weighted by Gasteiger charge is 2.36. The predicted octanol–water partition coefficient (Wildman–Crippen LogP) is 3.39. The van der Waals surface area contributed by atoms with Crippen molar-refractivity contribution < 1.29 is 17.6 Å². The molecule has 2 rings (SSSR count). The topological polar surface area (TPSA) is 39.6 Å². The molecule has 17 heavy (non-hydrogen) atoms. The minimum Gasteiger partial charge on any atom is -0.351 e. The summed E-state index contributed by atoms with van der Waals surface area (Å²) in [6.07, 6.45) is -5.00. The van der Waals surface area contributed by atoms with Gasteiger partial charge in [0.05, 0.1) is 12.5 Å². The molecule has 1 N–H and O–H groups in total. The van der Waals surface area contributed by atoms with Gasteiger partial charge in [0, 0.05) is 16.5 Å². The lowest BCUT2D eigenvalue weighted by molar-refractivity contribution is -0.141. The first kappa shape index (κ1) is 11.5. The number of hydrogen-bond donors (Lipinski definition) is 1. The smallest absolute Gasteiger partial charge is 0.351 e. The molecule has 0 unspecified atom stereocenters. The summed E-state index contributed by atoms with van der Waals surface area (Å²) in [5.41, 5.74) is -1.03. The zero-order valence-corrected chi connectivity index (χ0v) is 8.40. The standard InChI is InChI=1S/C11H6F4N2/c12-6-1-2-9-8(5-6)7(3-4-16)10(17-9)11(13,14)15/h1-2,5,17H,3H2. The molecule has 6 heteroatoms. The van der Waals surface area contributed by atoms with Crippen LogP contribution in [0.2, 0.25) is 0 Å². The fraction of sp³-hybridized carbons (Fsp3) is 0.182. The summed E-state index contributed by atoms with van der Waals surface area (Å²) in [4.78, 5) is 2.17. The van der Waals surface area contributed by atoms with Gasteiger partial charge in [-0.05, 0) is 18.2 Å². The highest BCUT2D eigenvalue weighted by molar-refractivity contribution is 5.85. The Kier molecular flexibility index (Phi) is 2.54. The van der Waals surface area contributed by atoms with Crippen LogP contribution >= 0.6 is 0 Å². The van der Waals surface area contributed by atoms with Crippen LogP contribution in [-0.4, -0.2) is 4.98 Å². The molecule has 1 aromatic heterocycles. The largest absolute Gasteiger partial charge is 0.431 e. The second kappa shape index (κ2) is 3.77. The number of aromatic amines is 1. The summed E-state index contributed by atoms with van der Waals surface area (Å²) in [5, 5.41) is 8.63. The van der Waals surface area contributed by atoms with Crippen molar-refractivity contribution in [1.82, 2.24) is 4.98 Å². The number of fused-ring (bicyclic) bond motifs is 1. The van der Waals surface area contributed by atoms with Gasteiger partial charge in [0.2, 0.25) is 0 Å². The van der Waals surface area contributed by atoms with Gasteiger partial charge in [0.1, 0.15) is 11.5 Å². The van der Waals surface area contributed by atoms with E-state index in [4.69, 9.17) is 5.26 Å². The Labute approximate surface area is 93.5 Å². The number of halogens is 4. The fourth-order valence-corrected chi connectivity index (χ4v) is 1.72. The number of aromatic nitrogens is 1. The number of nitrogens with zero attached hydrogens (tertiary/aromatic N) is 1. The predicted molar refractivity (Wildman–Crippen MR) is 52.6 cm³/mol. The van der Waals surface area contributed by atoms with Crippen molar-refractivity contribution in [3.8, 4) is 6.07 Å². The van der Waals surface area contributed by atoms with Crippen LogP contribution in [0.5, 0.6) is 0 Å². The summed E-state index contributed by atoms with van der Waals surface area (Å²) in [6.45, 7) is 0. The molecule has 2 nitrogen and oxygen atoms in total. The first-order valence-corrected chi connectivity index (χ1v) is 4.67. The summed E-state index contributed by atoms with van der Waals surface area (Å²) in [6, 6.07) is 4.93. The van der Waals surface area contributed by atoms with Gasteiger partial charge in [-0.1, -0.05) is 0 Å². The molecule has 0 bridgehead atoms. The van der Waals surface area contributed by atoms with Crippen molar-refractivity contribution >= 4 is 10.9 Å². The molecule has 2 aromatic rings. The lowest BCUT2D eigenvalue weighted by Crippen LogP contribution is -2.08. The Morgan fingerprint density at radius 1 is 1.29 bits per heavy atom. The molecule has 1 heterocycles. The van der Waals surface area contributed by atoms with Crippen molar-refractivity contribution in [2.75, 3.05) is 0 Å². The zero-order chi connectivity index (χ0) is 12.6. The molecule has 0 saturated heterocycles. The number of alkyl halides is 3. The second-order valence-electron chi connectivity index (χ2n) is 3.50.